The van der Waals surface area contributed by atoms with Crippen LogP contribution < -0.4 is 0 Å². The van der Waals surface area contributed by atoms with Crippen LogP contribution in [0.25, 0.3) is 33.1 Å². The van der Waals surface area contributed by atoms with E-state index in [-0.39, 0.29) is 0 Å². The molecule has 0 aliphatic carbocycles. The highest BCUT2D eigenvalue weighted by Crippen LogP contribution is 2.24. The average molecular weight is 404 g/mol. The molecular weight excluding hydrogens is 384 g/mol. The van der Waals surface area contributed by atoms with E-state index in [4.69, 9.17) is 4.98 Å². The summed E-state index contributed by atoms with van der Waals surface area (Å²) in [6, 6.07) is 21.1. The lowest BCUT2D eigenvalue weighted by atomic mass is 10.0. The number of fused-ring (bicyclic) bond motifs is 4. The zero-order valence-corrected chi connectivity index (χ0v) is 17.3. The summed E-state index contributed by atoms with van der Waals surface area (Å²) in [6.07, 6.45) is 4.31. The monoisotopic (exact) mass is 404 g/mol. The van der Waals surface area contributed by atoms with Gasteiger partial charge in [0, 0.05) is 6.42 Å². The molecule has 6 aromatic rings. The molecule has 0 spiro atoms. The van der Waals surface area contributed by atoms with Gasteiger partial charge < -0.3 is 0 Å². The highest BCUT2D eigenvalue weighted by atomic mass is 15.3. The first-order valence-electron chi connectivity index (χ1n) is 10.3. The Morgan fingerprint density at radius 1 is 0.806 bits per heavy atom. The van der Waals surface area contributed by atoms with Crippen molar-refractivity contribution in [1.29, 1.82) is 0 Å². The molecule has 31 heavy (non-hydrogen) atoms. The number of rotatable bonds is 3. The molecule has 3 heterocycles. The van der Waals surface area contributed by atoms with Crippen LogP contribution in [0.1, 0.15) is 22.5 Å². The van der Waals surface area contributed by atoms with Gasteiger partial charge in [0.05, 0.1) is 17.3 Å². The molecule has 0 N–H and O–H groups in total. The first-order chi connectivity index (χ1) is 15.2. The van der Waals surface area contributed by atoms with Crippen LogP contribution in [0.3, 0.4) is 0 Å². The summed E-state index contributed by atoms with van der Waals surface area (Å²) in [5.74, 6) is 0.861. The van der Waals surface area contributed by atoms with E-state index < -0.39 is 0 Å². The number of aromatic nitrogens is 6. The molecule has 150 valence electrons. The average Bonchev–Trinajstić information content (AvgIpc) is 3.40. The third-order valence-electron chi connectivity index (χ3n) is 6.01. The molecule has 6 rings (SSSR count). The Hall–Kier alpha value is -4.06. The van der Waals surface area contributed by atoms with Gasteiger partial charge in [-0.2, -0.15) is 5.10 Å². The van der Waals surface area contributed by atoms with Gasteiger partial charge in [0.2, 0.25) is 0 Å². The molecule has 0 fully saturated rings. The molecule has 0 bridgehead atoms. The minimum atomic E-state index is 0.682. The number of benzene rings is 3. The Labute approximate surface area is 178 Å². The van der Waals surface area contributed by atoms with Crippen LogP contribution >= 0.6 is 0 Å². The normalized spacial score (nSPS) is 11.7. The van der Waals surface area contributed by atoms with Crippen molar-refractivity contribution >= 4 is 27.5 Å². The Bertz CT molecular complexity index is 1590. The van der Waals surface area contributed by atoms with Gasteiger partial charge >= 0.3 is 0 Å². The molecule has 0 radical (unpaired) electrons. The standard InChI is InChI=1S/C25H20N6/c1-16-10-11-20(12-17(16)2)31-24-22(14-27-31)25-29-28-23(30(25)15-26-24)13-19-8-5-7-18-6-3-4-9-21(18)19/h3-12,14-15H,13H2,1-2H3. The maximum absolute atomic E-state index is 4.72. The van der Waals surface area contributed by atoms with Crippen LogP contribution in [-0.4, -0.2) is 29.4 Å². The van der Waals surface area contributed by atoms with E-state index in [1.165, 1.54) is 27.5 Å². The summed E-state index contributed by atoms with van der Waals surface area (Å²) in [5, 5.41) is 16.9. The zero-order chi connectivity index (χ0) is 20.9. The fraction of sp³-hybridized carbons (Fsp3) is 0.120. The van der Waals surface area contributed by atoms with Gasteiger partial charge in [0.1, 0.15) is 12.2 Å². The topological polar surface area (TPSA) is 60.9 Å². The molecule has 0 unspecified atom stereocenters. The van der Waals surface area contributed by atoms with Crippen LogP contribution in [0.2, 0.25) is 0 Å². The minimum Gasteiger partial charge on any atom is -0.268 e. The van der Waals surface area contributed by atoms with Crippen molar-refractivity contribution < 1.29 is 0 Å². The summed E-state index contributed by atoms with van der Waals surface area (Å²) < 4.78 is 3.83. The Balaban J connectivity index is 1.46. The van der Waals surface area contributed by atoms with E-state index >= 15 is 0 Å². The molecular formula is C25H20N6. The maximum atomic E-state index is 4.72. The Kier molecular flexibility index (Phi) is 3.86. The number of nitrogens with zero attached hydrogens (tertiary/aromatic N) is 6. The van der Waals surface area contributed by atoms with E-state index in [0.717, 1.165) is 28.2 Å². The lowest BCUT2D eigenvalue weighted by Gasteiger charge is -2.07. The Morgan fingerprint density at radius 3 is 2.58 bits per heavy atom. The quantitative estimate of drug-likeness (QED) is 0.424. The fourth-order valence-electron chi connectivity index (χ4n) is 4.15. The first-order valence-corrected chi connectivity index (χ1v) is 10.3. The van der Waals surface area contributed by atoms with Gasteiger partial charge in [-0.1, -0.05) is 48.5 Å². The van der Waals surface area contributed by atoms with Crippen molar-refractivity contribution in [3.8, 4) is 5.69 Å². The first kappa shape index (κ1) is 17.8. The SMILES string of the molecule is Cc1ccc(-n2ncc3c2ncn2c(Cc4cccc5ccccc45)nnc32)cc1C. The predicted octanol–water partition coefficient (Wildman–Crippen LogP) is 4.82. The van der Waals surface area contributed by atoms with E-state index in [0.29, 0.717) is 6.42 Å². The lowest BCUT2D eigenvalue weighted by Crippen LogP contribution is -2.01. The fourth-order valence-corrected chi connectivity index (χ4v) is 4.15. The second-order valence-corrected chi connectivity index (χ2v) is 7.93. The van der Waals surface area contributed by atoms with Crippen molar-refractivity contribution in [3.63, 3.8) is 0 Å². The van der Waals surface area contributed by atoms with Gasteiger partial charge in [0.15, 0.2) is 11.3 Å². The second-order valence-electron chi connectivity index (χ2n) is 7.93. The molecule has 3 aromatic heterocycles. The van der Waals surface area contributed by atoms with Crippen molar-refractivity contribution in [2.24, 2.45) is 0 Å². The summed E-state index contributed by atoms with van der Waals surface area (Å²) in [4.78, 5) is 4.72. The summed E-state index contributed by atoms with van der Waals surface area (Å²) in [5.41, 5.74) is 6.24. The van der Waals surface area contributed by atoms with Gasteiger partial charge in [-0.05, 0) is 53.4 Å². The minimum absolute atomic E-state index is 0.682. The van der Waals surface area contributed by atoms with Gasteiger partial charge in [-0.25, -0.2) is 9.67 Å². The van der Waals surface area contributed by atoms with E-state index in [1.54, 1.807) is 6.33 Å². The third-order valence-corrected chi connectivity index (χ3v) is 6.01. The van der Waals surface area contributed by atoms with Crippen molar-refractivity contribution in [1.82, 2.24) is 29.4 Å². The molecule has 0 atom stereocenters. The molecule has 6 heteroatoms. The molecule has 3 aromatic carbocycles. The zero-order valence-electron chi connectivity index (χ0n) is 17.3. The predicted molar refractivity (Wildman–Crippen MR) is 122 cm³/mol. The molecule has 0 aliphatic rings. The van der Waals surface area contributed by atoms with Crippen molar-refractivity contribution in [2.45, 2.75) is 20.3 Å². The maximum Gasteiger partial charge on any atom is 0.174 e. The van der Waals surface area contributed by atoms with Gasteiger partial charge in [0.25, 0.3) is 0 Å². The molecule has 0 saturated carbocycles. The van der Waals surface area contributed by atoms with E-state index in [2.05, 4.69) is 89.8 Å². The van der Waals surface area contributed by atoms with Gasteiger partial charge in [-0.3, -0.25) is 4.40 Å². The lowest BCUT2D eigenvalue weighted by molar-refractivity contribution is 0.884. The third kappa shape index (κ3) is 2.79. The summed E-state index contributed by atoms with van der Waals surface area (Å²) >= 11 is 0. The number of hydrogen-bond donors (Lipinski definition) is 0. The Morgan fingerprint density at radius 2 is 1.68 bits per heavy atom. The van der Waals surface area contributed by atoms with Crippen LogP contribution in [0.4, 0.5) is 0 Å². The van der Waals surface area contributed by atoms with Crippen molar-refractivity contribution in [2.75, 3.05) is 0 Å². The largest absolute Gasteiger partial charge is 0.268 e. The van der Waals surface area contributed by atoms with E-state index in [9.17, 15) is 0 Å². The summed E-state index contributed by atoms with van der Waals surface area (Å²) in [6.45, 7) is 4.21. The molecule has 0 aliphatic heterocycles. The smallest absolute Gasteiger partial charge is 0.174 e. The number of aryl methyl sites for hydroxylation is 2. The molecule has 0 saturated heterocycles. The van der Waals surface area contributed by atoms with Gasteiger partial charge in [-0.15, -0.1) is 10.2 Å². The number of hydrogen-bond acceptors (Lipinski definition) is 4. The van der Waals surface area contributed by atoms with Crippen LogP contribution in [0, 0.1) is 13.8 Å². The highest BCUT2D eigenvalue weighted by Gasteiger charge is 2.15. The van der Waals surface area contributed by atoms with Crippen molar-refractivity contribution in [3.05, 3.63) is 95.7 Å². The van der Waals surface area contributed by atoms with Crippen LogP contribution in [0.5, 0.6) is 0 Å². The van der Waals surface area contributed by atoms with E-state index in [1.807, 2.05) is 15.3 Å². The molecule has 6 nitrogen and oxygen atoms in total. The second kappa shape index (κ2) is 6.74. The van der Waals surface area contributed by atoms with Crippen LogP contribution in [-0.2, 0) is 6.42 Å². The molecule has 0 amide bonds. The summed E-state index contributed by atoms with van der Waals surface area (Å²) in [7, 11) is 0. The highest BCUT2D eigenvalue weighted by molar-refractivity contribution is 5.89. The van der Waals surface area contributed by atoms with Crippen LogP contribution in [0.15, 0.2) is 73.2 Å².